The smallest absolute Gasteiger partial charge is 0.122 e. The quantitative estimate of drug-likeness (QED) is 0.882. The molecule has 2 aromatic rings. The van der Waals surface area contributed by atoms with Gasteiger partial charge in [-0.15, -0.1) is 11.3 Å². The Morgan fingerprint density at radius 3 is 2.94 bits per heavy atom. The van der Waals surface area contributed by atoms with Crippen LogP contribution in [0, 0.1) is 6.92 Å². The van der Waals surface area contributed by atoms with E-state index in [4.69, 9.17) is 0 Å². The van der Waals surface area contributed by atoms with E-state index in [1.54, 1.807) is 0 Å². The predicted octanol–water partition coefficient (Wildman–Crippen LogP) is 3.12. The summed E-state index contributed by atoms with van der Waals surface area (Å²) in [7, 11) is 0. The molecule has 0 aliphatic rings. The standard InChI is InChI=1S/C13H19N3S/c1-4-16-8-7-14-13(16)9-15-11(3)12-6-5-10(2)17-12/h5-8,11,15H,4,9H2,1-3H3. The maximum Gasteiger partial charge on any atom is 0.122 e. The molecule has 1 N–H and O–H groups in total. The molecule has 4 heteroatoms. The first-order valence-corrected chi connectivity index (χ1v) is 6.82. The summed E-state index contributed by atoms with van der Waals surface area (Å²) in [5.74, 6) is 1.10. The van der Waals surface area contributed by atoms with Gasteiger partial charge in [0.25, 0.3) is 0 Å². The van der Waals surface area contributed by atoms with Crippen LogP contribution in [0.2, 0.25) is 0 Å². The highest BCUT2D eigenvalue weighted by Crippen LogP contribution is 2.22. The fourth-order valence-corrected chi connectivity index (χ4v) is 2.73. The molecule has 92 valence electrons. The minimum absolute atomic E-state index is 0.385. The van der Waals surface area contributed by atoms with Crippen molar-refractivity contribution in [2.45, 2.75) is 39.9 Å². The van der Waals surface area contributed by atoms with E-state index in [1.807, 2.05) is 23.7 Å². The number of rotatable bonds is 5. The first-order valence-electron chi connectivity index (χ1n) is 6.00. The number of nitrogens with zero attached hydrogens (tertiary/aromatic N) is 2. The fraction of sp³-hybridized carbons (Fsp3) is 0.462. The number of hydrogen-bond acceptors (Lipinski definition) is 3. The molecule has 0 radical (unpaired) electrons. The summed E-state index contributed by atoms with van der Waals surface area (Å²) in [5.41, 5.74) is 0. The van der Waals surface area contributed by atoms with Crippen LogP contribution < -0.4 is 5.32 Å². The largest absolute Gasteiger partial charge is 0.334 e. The molecule has 2 rings (SSSR count). The molecule has 1 unspecified atom stereocenters. The second kappa shape index (κ2) is 5.47. The van der Waals surface area contributed by atoms with E-state index in [0.717, 1.165) is 18.9 Å². The second-order valence-electron chi connectivity index (χ2n) is 4.18. The average Bonchev–Trinajstić information content (AvgIpc) is 2.94. The van der Waals surface area contributed by atoms with Crippen LogP contribution >= 0.6 is 11.3 Å². The van der Waals surface area contributed by atoms with E-state index in [2.05, 4.69) is 47.8 Å². The molecule has 0 spiro atoms. The summed E-state index contributed by atoms with van der Waals surface area (Å²) in [6.45, 7) is 8.27. The zero-order valence-corrected chi connectivity index (χ0v) is 11.4. The molecular weight excluding hydrogens is 230 g/mol. The number of aryl methyl sites for hydroxylation is 2. The zero-order valence-electron chi connectivity index (χ0n) is 10.6. The molecule has 17 heavy (non-hydrogen) atoms. The van der Waals surface area contributed by atoms with E-state index in [0.29, 0.717) is 6.04 Å². The van der Waals surface area contributed by atoms with Gasteiger partial charge in [-0.2, -0.15) is 0 Å². The van der Waals surface area contributed by atoms with Crippen LogP contribution in [-0.4, -0.2) is 9.55 Å². The van der Waals surface area contributed by atoms with Crippen LogP contribution in [0.5, 0.6) is 0 Å². The Morgan fingerprint density at radius 1 is 1.47 bits per heavy atom. The maximum absolute atomic E-state index is 4.36. The van der Waals surface area contributed by atoms with Crippen molar-refractivity contribution < 1.29 is 0 Å². The summed E-state index contributed by atoms with van der Waals surface area (Å²) in [5, 5.41) is 3.52. The molecule has 2 heterocycles. The molecule has 0 fully saturated rings. The van der Waals surface area contributed by atoms with Crippen LogP contribution in [0.3, 0.4) is 0 Å². The Hall–Kier alpha value is -1.13. The van der Waals surface area contributed by atoms with Crippen molar-refractivity contribution in [1.29, 1.82) is 0 Å². The molecule has 0 aliphatic carbocycles. The number of aromatic nitrogens is 2. The number of thiophene rings is 1. The second-order valence-corrected chi connectivity index (χ2v) is 5.50. The van der Waals surface area contributed by atoms with Gasteiger partial charge in [-0.3, -0.25) is 0 Å². The van der Waals surface area contributed by atoms with Crippen LogP contribution in [0.4, 0.5) is 0 Å². The van der Waals surface area contributed by atoms with Gasteiger partial charge in [0.2, 0.25) is 0 Å². The lowest BCUT2D eigenvalue weighted by atomic mass is 10.2. The van der Waals surface area contributed by atoms with Crippen molar-refractivity contribution in [3.05, 3.63) is 40.1 Å². The Morgan fingerprint density at radius 2 is 2.29 bits per heavy atom. The van der Waals surface area contributed by atoms with Gasteiger partial charge >= 0.3 is 0 Å². The van der Waals surface area contributed by atoms with E-state index in [9.17, 15) is 0 Å². The van der Waals surface area contributed by atoms with Gasteiger partial charge in [0.1, 0.15) is 5.82 Å². The molecule has 2 aromatic heterocycles. The highest BCUT2D eigenvalue weighted by molar-refractivity contribution is 7.12. The molecule has 0 aromatic carbocycles. The fourth-order valence-electron chi connectivity index (χ4n) is 1.83. The summed E-state index contributed by atoms with van der Waals surface area (Å²) in [6, 6.07) is 4.76. The van der Waals surface area contributed by atoms with E-state index < -0.39 is 0 Å². The third-order valence-corrected chi connectivity index (χ3v) is 4.08. The molecule has 0 amide bonds. The van der Waals surface area contributed by atoms with Gasteiger partial charge < -0.3 is 9.88 Å². The van der Waals surface area contributed by atoms with Crippen LogP contribution in [0.15, 0.2) is 24.5 Å². The average molecular weight is 249 g/mol. The molecule has 0 bridgehead atoms. The predicted molar refractivity (Wildman–Crippen MR) is 72.2 cm³/mol. The van der Waals surface area contributed by atoms with E-state index in [1.165, 1.54) is 9.75 Å². The Labute approximate surface area is 107 Å². The molecule has 1 atom stereocenters. The molecule has 0 saturated carbocycles. The zero-order chi connectivity index (χ0) is 12.3. The lowest BCUT2D eigenvalue weighted by Crippen LogP contribution is -2.19. The van der Waals surface area contributed by atoms with Gasteiger partial charge in [0, 0.05) is 34.7 Å². The molecular formula is C13H19N3S. The van der Waals surface area contributed by atoms with E-state index >= 15 is 0 Å². The third kappa shape index (κ3) is 2.96. The highest BCUT2D eigenvalue weighted by Gasteiger charge is 2.08. The monoisotopic (exact) mass is 249 g/mol. The Kier molecular flexibility index (Phi) is 3.97. The number of hydrogen-bond donors (Lipinski definition) is 1. The van der Waals surface area contributed by atoms with Crippen molar-refractivity contribution in [2.75, 3.05) is 0 Å². The van der Waals surface area contributed by atoms with Gasteiger partial charge in [0.05, 0.1) is 6.54 Å². The van der Waals surface area contributed by atoms with Gasteiger partial charge in [-0.05, 0) is 32.9 Å². The van der Waals surface area contributed by atoms with E-state index in [-0.39, 0.29) is 0 Å². The van der Waals surface area contributed by atoms with Crippen molar-refractivity contribution in [3.8, 4) is 0 Å². The first-order chi connectivity index (χ1) is 8.20. The molecule has 0 aliphatic heterocycles. The first kappa shape index (κ1) is 12.3. The Balaban J connectivity index is 1.94. The summed E-state index contributed by atoms with van der Waals surface area (Å²) >= 11 is 1.85. The lowest BCUT2D eigenvalue weighted by Gasteiger charge is -2.12. The van der Waals surface area contributed by atoms with Crippen molar-refractivity contribution in [2.24, 2.45) is 0 Å². The summed E-state index contributed by atoms with van der Waals surface area (Å²) in [6.07, 6.45) is 3.89. The van der Waals surface area contributed by atoms with Crippen molar-refractivity contribution >= 4 is 11.3 Å². The minimum atomic E-state index is 0.385. The maximum atomic E-state index is 4.36. The summed E-state index contributed by atoms with van der Waals surface area (Å²) < 4.78 is 2.17. The number of imidazole rings is 1. The van der Waals surface area contributed by atoms with Crippen LogP contribution in [0.1, 0.15) is 35.5 Å². The summed E-state index contributed by atoms with van der Waals surface area (Å²) in [4.78, 5) is 7.11. The van der Waals surface area contributed by atoms with Gasteiger partial charge in [-0.1, -0.05) is 0 Å². The lowest BCUT2D eigenvalue weighted by molar-refractivity contribution is 0.546. The van der Waals surface area contributed by atoms with Crippen LogP contribution in [-0.2, 0) is 13.1 Å². The SMILES string of the molecule is CCn1ccnc1CNC(C)c1ccc(C)s1. The molecule has 0 saturated heterocycles. The normalized spacial score (nSPS) is 12.9. The van der Waals surface area contributed by atoms with Gasteiger partial charge in [-0.25, -0.2) is 4.98 Å². The highest BCUT2D eigenvalue weighted by atomic mass is 32.1. The van der Waals surface area contributed by atoms with Crippen molar-refractivity contribution in [3.63, 3.8) is 0 Å². The number of nitrogens with one attached hydrogen (secondary N) is 1. The van der Waals surface area contributed by atoms with Gasteiger partial charge in [0.15, 0.2) is 0 Å². The minimum Gasteiger partial charge on any atom is -0.334 e. The third-order valence-electron chi connectivity index (χ3n) is 2.90. The van der Waals surface area contributed by atoms with Crippen LogP contribution in [0.25, 0.3) is 0 Å². The Bertz CT molecular complexity index is 472. The van der Waals surface area contributed by atoms with Crippen molar-refractivity contribution in [1.82, 2.24) is 14.9 Å². The molecule has 3 nitrogen and oxygen atoms in total. The topological polar surface area (TPSA) is 29.9 Å².